The van der Waals surface area contributed by atoms with Gasteiger partial charge in [-0.1, -0.05) is 0 Å². The molecule has 1 unspecified atom stereocenters. The SMILES string of the molecule is Cc1nnc(NC2CNC(=O)C2)c(C#N)c1C. The van der Waals surface area contributed by atoms with Gasteiger partial charge in [0, 0.05) is 13.0 Å². The van der Waals surface area contributed by atoms with E-state index in [2.05, 4.69) is 26.9 Å². The third kappa shape index (κ3) is 2.18. The van der Waals surface area contributed by atoms with Gasteiger partial charge in [0.25, 0.3) is 0 Å². The maximum absolute atomic E-state index is 11.1. The van der Waals surface area contributed by atoms with Crippen molar-refractivity contribution in [2.24, 2.45) is 0 Å². The minimum Gasteiger partial charge on any atom is -0.362 e. The Kier molecular flexibility index (Phi) is 2.91. The quantitative estimate of drug-likeness (QED) is 0.762. The van der Waals surface area contributed by atoms with E-state index in [0.29, 0.717) is 24.3 Å². The largest absolute Gasteiger partial charge is 0.362 e. The number of nitriles is 1. The number of rotatable bonds is 2. The van der Waals surface area contributed by atoms with E-state index in [1.54, 1.807) is 0 Å². The van der Waals surface area contributed by atoms with E-state index in [1.807, 2.05) is 13.8 Å². The van der Waals surface area contributed by atoms with Crippen molar-refractivity contribution in [2.45, 2.75) is 26.3 Å². The molecule has 2 N–H and O–H groups in total. The maximum Gasteiger partial charge on any atom is 0.222 e. The number of anilines is 1. The van der Waals surface area contributed by atoms with Gasteiger partial charge in [-0.3, -0.25) is 4.79 Å². The number of aryl methyl sites for hydroxylation is 1. The van der Waals surface area contributed by atoms with E-state index < -0.39 is 0 Å². The fourth-order valence-corrected chi connectivity index (χ4v) is 1.75. The number of amides is 1. The van der Waals surface area contributed by atoms with Crippen LogP contribution in [0.5, 0.6) is 0 Å². The molecule has 0 aliphatic carbocycles. The molecule has 1 fully saturated rings. The number of hydrogen-bond donors (Lipinski definition) is 2. The van der Waals surface area contributed by atoms with E-state index in [0.717, 1.165) is 11.3 Å². The average Bonchev–Trinajstić information content (AvgIpc) is 2.70. The van der Waals surface area contributed by atoms with Crippen molar-refractivity contribution in [1.29, 1.82) is 5.26 Å². The molecule has 0 saturated carbocycles. The number of nitrogens with zero attached hydrogens (tertiary/aromatic N) is 3. The van der Waals surface area contributed by atoms with Crippen LogP contribution in [0.3, 0.4) is 0 Å². The molecule has 17 heavy (non-hydrogen) atoms. The summed E-state index contributed by atoms with van der Waals surface area (Å²) in [6.07, 6.45) is 0.402. The Morgan fingerprint density at radius 1 is 1.47 bits per heavy atom. The van der Waals surface area contributed by atoms with Crippen molar-refractivity contribution in [3.05, 3.63) is 16.8 Å². The highest BCUT2D eigenvalue weighted by Crippen LogP contribution is 2.19. The van der Waals surface area contributed by atoms with Crippen LogP contribution in [0.4, 0.5) is 5.82 Å². The Morgan fingerprint density at radius 2 is 2.24 bits per heavy atom. The summed E-state index contributed by atoms with van der Waals surface area (Å²) < 4.78 is 0. The second kappa shape index (κ2) is 4.37. The van der Waals surface area contributed by atoms with Crippen molar-refractivity contribution < 1.29 is 4.79 Å². The first-order valence-electron chi connectivity index (χ1n) is 5.39. The van der Waals surface area contributed by atoms with Crippen LogP contribution in [-0.2, 0) is 4.79 Å². The smallest absolute Gasteiger partial charge is 0.222 e. The highest BCUT2D eigenvalue weighted by Gasteiger charge is 2.23. The van der Waals surface area contributed by atoms with Crippen LogP contribution in [0.25, 0.3) is 0 Å². The van der Waals surface area contributed by atoms with Gasteiger partial charge in [0.05, 0.1) is 11.7 Å². The van der Waals surface area contributed by atoms with Gasteiger partial charge >= 0.3 is 0 Å². The fraction of sp³-hybridized carbons (Fsp3) is 0.455. The van der Waals surface area contributed by atoms with Gasteiger partial charge in [-0.2, -0.15) is 10.4 Å². The third-order valence-corrected chi connectivity index (χ3v) is 2.88. The summed E-state index contributed by atoms with van der Waals surface area (Å²) in [6, 6.07) is 2.10. The van der Waals surface area contributed by atoms with Crippen LogP contribution >= 0.6 is 0 Å². The minimum absolute atomic E-state index is 0.0119. The summed E-state index contributed by atoms with van der Waals surface area (Å²) in [5.41, 5.74) is 2.06. The van der Waals surface area contributed by atoms with Gasteiger partial charge in [0.2, 0.25) is 5.91 Å². The maximum atomic E-state index is 11.1. The van der Waals surface area contributed by atoms with Gasteiger partial charge in [0.1, 0.15) is 11.6 Å². The lowest BCUT2D eigenvalue weighted by Crippen LogP contribution is -2.24. The molecule has 6 nitrogen and oxygen atoms in total. The van der Waals surface area contributed by atoms with Crippen molar-refractivity contribution >= 4 is 11.7 Å². The summed E-state index contributed by atoms with van der Waals surface area (Å²) >= 11 is 0. The Labute approximate surface area is 99.0 Å². The van der Waals surface area contributed by atoms with Crippen LogP contribution in [0.2, 0.25) is 0 Å². The first-order valence-corrected chi connectivity index (χ1v) is 5.39. The van der Waals surface area contributed by atoms with Crippen molar-refractivity contribution in [3.63, 3.8) is 0 Å². The predicted octanol–water partition coefficient (Wildman–Crippen LogP) is 0.266. The summed E-state index contributed by atoms with van der Waals surface area (Å²) in [6.45, 7) is 4.21. The summed E-state index contributed by atoms with van der Waals surface area (Å²) in [5.74, 6) is 0.468. The molecule has 1 saturated heterocycles. The topological polar surface area (TPSA) is 90.7 Å². The molecule has 2 heterocycles. The highest BCUT2D eigenvalue weighted by atomic mass is 16.1. The van der Waals surface area contributed by atoms with Crippen molar-refractivity contribution in [2.75, 3.05) is 11.9 Å². The summed E-state index contributed by atoms with van der Waals surface area (Å²) in [4.78, 5) is 11.1. The van der Waals surface area contributed by atoms with Crippen molar-refractivity contribution in [1.82, 2.24) is 15.5 Å². The van der Waals surface area contributed by atoms with Crippen LogP contribution in [0, 0.1) is 25.2 Å². The molecule has 0 aromatic carbocycles. The molecule has 2 rings (SSSR count). The molecule has 1 atom stereocenters. The number of aromatic nitrogens is 2. The molecule has 6 heteroatoms. The molecule has 0 bridgehead atoms. The average molecular weight is 231 g/mol. The molecule has 1 amide bonds. The molecule has 1 aromatic rings. The Hall–Kier alpha value is -2.16. The molecule has 1 aromatic heterocycles. The Balaban J connectivity index is 2.25. The van der Waals surface area contributed by atoms with Crippen LogP contribution in [0.15, 0.2) is 0 Å². The highest BCUT2D eigenvalue weighted by molar-refractivity contribution is 5.79. The number of carbonyl (C=O) groups is 1. The van der Waals surface area contributed by atoms with Gasteiger partial charge in [-0.05, 0) is 19.4 Å². The number of carbonyl (C=O) groups excluding carboxylic acids is 1. The normalized spacial score (nSPS) is 18.6. The zero-order valence-corrected chi connectivity index (χ0v) is 9.74. The van der Waals surface area contributed by atoms with Gasteiger partial charge in [-0.25, -0.2) is 0 Å². The van der Waals surface area contributed by atoms with Crippen LogP contribution in [-0.4, -0.2) is 28.7 Å². The molecular weight excluding hydrogens is 218 g/mol. The fourth-order valence-electron chi connectivity index (χ4n) is 1.75. The lowest BCUT2D eigenvalue weighted by Gasteiger charge is -2.13. The monoisotopic (exact) mass is 231 g/mol. The Bertz CT molecular complexity index is 505. The molecule has 1 aliphatic rings. The minimum atomic E-state index is -0.0222. The number of nitrogens with one attached hydrogen (secondary N) is 2. The third-order valence-electron chi connectivity index (χ3n) is 2.88. The van der Waals surface area contributed by atoms with Crippen molar-refractivity contribution in [3.8, 4) is 6.07 Å². The lowest BCUT2D eigenvalue weighted by molar-refractivity contribution is -0.119. The predicted molar refractivity (Wildman–Crippen MR) is 61.3 cm³/mol. The van der Waals surface area contributed by atoms with E-state index >= 15 is 0 Å². The zero-order valence-electron chi connectivity index (χ0n) is 9.74. The summed E-state index contributed by atoms with van der Waals surface area (Å²) in [7, 11) is 0. The number of hydrogen-bond acceptors (Lipinski definition) is 5. The van der Waals surface area contributed by atoms with E-state index in [4.69, 9.17) is 5.26 Å². The molecule has 88 valence electrons. The van der Waals surface area contributed by atoms with E-state index in [9.17, 15) is 4.79 Å². The molecule has 1 aliphatic heterocycles. The van der Waals surface area contributed by atoms with Gasteiger partial charge in [-0.15, -0.1) is 5.10 Å². The first-order chi connectivity index (χ1) is 8.11. The van der Waals surface area contributed by atoms with E-state index in [-0.39, 0.29) is 11.9 Å². The van der Waals surface area contributed by atoms with E-state index in [1.165, 1.54) is 0 Å². The Morgan fingerprint density at radius 3 is 2.82 bits per heavy atom. The summed E-state index contributed by atoms with van der Waals surface area (Å²) in [5, 5.41) is 22.9. The first kappa shape index (κ1) is 11.3. The standard InChI is InChI=1S/C11H13N5O/c1-6-7(2)15-16-11(9(6)4-12)14-8-3-10(17)13-5-8/h8H,3,5H2,1-2H3,(H,13,17)(H,14,16). The van der Waals surface area contributed by atoms with Gasteiger partial charge in [0.15, 0.2) is 5.82 Å². The molecule has 0 radical (unpaired) electrons. The van der Waals surface area contributed by atoms with Crippen LogP contribution < -0.4 is 10.6 Å². The second-order valence-electron chi connectivity index (χ2n) is 4.10. The van der Waals surface area contributed by atoms with Gasteiger partial charge < -0.3 is 10.6 Å². The second-order valence-corrected chi connectivity index (χ2v) is 4.10. The van der Waals surface area contributed by atoms with Crippen LogP contribution in [0.1, 0.15) is 23.2 Å². The zero-order chi connectivity index (χ0) is 12.4. The molecular formula is C11H13N5O. The molecule has 0 spiro atoms. The lowest BCUT2D eigenvalue weighted by atomic mass is 10.1.